The minimum atomic E-state index is -0.534. The van der Waals surface area contributed by atoms with E-state index in [1.165, 1.54) is 21.3 Å². The number of anilines is 2. The molecule has 0 aliphatic carbocycles. The summed E-state index contributed by atoms with van der Waals surface area (Å²) in [6, 6.07) is 13.1. The number of aryl methyl sites for hydroxylation is 2. The van der Waals surface area contributed by atoms with Gasteiger partial charge in [-0.25, -0.2) is 4.68 Å². The van der Waals surface area contributed by atoms with Crippen molar-refractivity contribution in [2.24, 2.45) is 0 Å². The van der Waals surface area contributed by atoms with Crippen molar-refractivity contribution in [3.8, 4) is 5.75 Å². The van der Waals surface area contributed by atoms with Gasteiger partial charge in [-0.3, -0.25) is 14.5 Å². The quantitative estimate of drug-likeness (QED) is 0.436. The van der Waals surface area contributed by atoms with Crippen LogP contribution in [-0.4, -0.2) is 38.5 Å². The van der Waals surface area contributed by atoms with Gasteiger partial charge in [-0.2, -0.15) is 0 Å². The third kappa shape index (κ3) is 4.54. The van der Waals surface area contributed by atoms with Crippen LogP contribution >= 0.6 is 11.8 Å². The molecule has 1 unspecified atom stereocenters. The molecule has 1 aromatic heterocycles. The number of hydrogen-bond acceptors (Lipinski definition) is 7. The number of para-hydroxylation sites is 2. The molecular formula is C22H24N6O3S. The van der Waals surface area contributed by atoms with Crippen LogP contribution in [-0.2, 0) is 16.2 Å². The second-order valence-corrected chi connectivity index (χ2v) is 8.94. The van der Waals surface area contributed by atoms with Crippen molar-refractivity contribution in [2.75, 3.05) is 22.6 Å². The average molecular weight is 453 g/mol. The smallest absolute Gasteiger partial charge is 0.244 e. The number of carbonyl (C=O) groups is 2. The SMILES string of the molecule is Cc1cc(C)cc(OCc2nnc(SC(C)C(=O)N3CC(=O)Nc4ccccc43)n2N)c1. The Morgan fingerprint density at radius 1 is 1.22 bits per heavy atom. The first kappa shape index (κ1) is 21.7. The van der Waals surface area contributed by atoms with Crippen LogP contribution in [0.25, 0.3) is 0 Å². The number of nitrogens with two attached hydrogens (primary N) is 1. The van der Waals surface area contributed by atoms with Crippen LogP contribution in [0.3, 0.4) is 0 Å². The third-order valence-corrected chi connectivity index (χ3v) is 6.01. The number of thioether (sulfide) groups is 1. The van der Waals surface area contributed by atoms with Crippen LogP contribution in [0.1, 0.15) is 23.9 Å². The molecule has 1 aliphatic rings. The summed E-state index contributed by atoms with van der Waals surface area (Å²) in [5.74, 6) is 6.87. The van der Waals surface area contributed by atoms with Gasteiger partial charge < -0.3 is 15.9 Å². The maximum atomic E-state index is 13.1. The first-order valence-electron chi connectivity index (χ1n) is 10.1. The van der Waals surface area contributed by atoms with Crippen molar-refractivity contribution < 1.29 is 14.3 Å². The Labute approximate surface area is 189 Å². The maximum absolute atomic E-state index is 13.1. The third-order valence-electron chi connectivity index (χ3n) is 4.96. The van der Waals surface area contributed by atoms with Gasteiger partial charge in [0.15, 0.2) is 5.82 Å². The molecule has 9 nitrogen and oxygen atoms in total. The number of ether oxygens (including phenoxy) is 1. The number of carbonyl (C=O) groups excluding carboxylic acids is 2. The maximum Gasteiger partial charge on any atom is 0.244 e. The standard InChI is InChI=1S/C22H24N6O3S/c1-13-8-14(2)10-16(9-13)31-12-19-25-26-22(28(19)23)32-15(3)21(30)27-11-20(29)24-17-6-4-5-7-18(17)27/h4-10,15H,11-12,23H2,1-3H3,(H,24,29). The summed E-state index contributed by atoms with van der Waals surface area (Å²) in [5, 5.41) is 10.8. The summed E-state index contributed by atoms with van der Waals surface area (Å²) >= 11 is 1.18. The van der Waals surface area contributed by atoms with Crippen molar-refractivity contribution >= 4 is 35.0 Å². The van der Waals surface area contributed by atoms with Gasteiger partial charge in [0.25, 0.3) is 0 Å². The number of benzene rings is 2. The number of nitrogens with one attached hydrogen (secondary N) is 1. The molecule has 3 aromatic rings. The number of nitrogens with zero attached hydrogens (tertiary/aromatic N) is 4. The summed E-state index contributed by atoms with van der Waals surface area (Å²) < 4.78 is 7.14. The van der Waals surface area contributed by atoms with Crippen molar-refractivity contribution in [1.82, 2.24) is 14.9 Å². The summed E-state index contributed by atoms with van der Waals surface area (Å²) in [5.41, 5.74) is 3.49. The summed E-state index contributed by atoms with van der Waals surface area (Å²) in [6.45, 7) is 5.87. The Bertz CT molecular complexity index is 1160. The normalized spacial score (nSPS) is 14.0. The van der Waals surface area contributed by atoms with Crippen LogP contribution < -0.4 is 20.8 Å². The van der Waals surface area contributed by atoms with E-state index in [1.54, 1.807) is 19.1 Å². The fourth-order valence-electron chi connectivity index (χ4n) is 3.51. The van der Waals surface area contributed by atoms with E-state index in [1.807, 2.05) is 38.1 Å². The highest BCUT2D eigenvalue weighted by molar-refractivity contribution is 8.00. The van der Waals surface area contributed by atoms with Gasteiger partial charge in [0, 0.05) is 0 Å². The first-order chi connectivity index (χ1) is 15.3. The van der Waals surface area contributed by atoms with E-state index < -0.39 is 5.25 Å². The molecule has 0 radical (unpaired) electrons. The highest BCUT2D eigenvalue weighted by atomic mass is 32.2. The van der Waals surface area contributed by atoms with E-state index in [0.29, 0.717) is 22.4 Å². The molecule has 0 spiro atoms. The second-order valence-electron chi connectivity index (χ2n) is 7.63. The molecule has 1 aliphatic heterocycles. The molecule has 32 heavy (non-hydrogen) atoms. The van der Waals surface area contributed by atoms with Gasteiger partial charge in [0.2, 0.25) is 17.0 Å². The van der Waals surface area contributed by atoms with Gasteiger partial charge in [-0.15, -0.1) is 10.2 Å². The van der Waals surface area contributed by atoms with E-state index in [0.717, 1.165) is 16.9 Å². The lowest BCUT2D eigenvalue weighted by Crippen LogP contribution is -2.45. The Balaban J connectivity index is 1.44. The molecule has 166 valence electrons. The number of nitrogen functional groups attached to an aromatic ring is 1. The highest BCUT2D eigenvalue weighted by Crippen LogP contribution is 2.32. The summed E-state index contributed by atoms with van der Waals surface area (Å²) in [7, 11) is 0. The largest absolute Gasteiger partial charge is 0.486 e. The molecule has 4 rings (SSSR count). The summed E-state index contributed by atoms with van der Waals surface area (Å²) in [4.78, 5) is 26.6. The molecular weight excluding hydrogens is 428 g/mol. The first-order valence-corrected chi connectivity index (χ1v) is 11.0. The Hall–Kier alpha value is -3.53. The van der Waals surface area contributed by atoms with Gasteiger partial charge in [-0.1, -0.05) is 30.0 Å². The van der Waals surface area contributed by atoms with E-state index >= 15 is 0 Å². The molecule has 2 heterocycles. The molecule has 2 aromatic carbocycles. The lowest BCUT2D eigenvalue weighted by Gasteiger charge is -2.30. The topological polar surface area (TPSA) is 115 Å². The minimum Gasteiger partial charge on any atom is -0.486 e. The molecule has 0 saturated carbocycles. The van der Waals surface area contributed by atoms with Crippen molar-refractivity contribution in [3.05, 3.63) is 59.4 Å². The molecule has 0 bridgehead atoms. The molecule has 1 atom stereocenters. The predicted octanol–water partition coefficient (Wildman–Crippen LogP) is 2.65. The predicted molar refractivity (Wildman–Crippen MR) is 123 cm³/mol. The Morgan fingerprint density at radius 3 is 2.69 bits per heavy atom. The summed E-state index contributed by atoms with van der Waals surface area (Å²) in [6.07, 6.45) is 0. The van der Waals surface area contributed by atoms with Crippen LogP contribution in [0.2, 0.25) is 0 Å². The lowest BCUT2D eigenvalue weighted by atomic mass is 10.1. The Morgan fingerprint density at radius 2 is 1.94 bits per heavy atom. The number of fused-ring (bicyclic) bond motifs is 1. The van der Waals surface area contributed by atoms with Gasteiger partial charge >= 0.3 is 0 Å². The lowest BCUT2D eigenvalue weighted by molar-refractivity contribution is -0.121. The van der Waals surface area contributed by atoms with Gasteiger partial charge in [0.1, 0.15) is 18.9 Å². The number of aromatic nitrogens is 3. The van der Waals surface area contributed by atoms with Gasteiger partial charge in [0.05, 0.1) is 16.6 Å². The van der Waals surface area contributed by atoms with Crippen LogP contribution in [0, 0.1) is 13.8 Å². The van der Waals surface area contributed by atoms with Crippen molar-refractivity contribution in [2.45, 2.75) is 37.8 Å². The van der Waals surface area contributed by atoms with E-state index in [2.05, 4.69) is 21.6 Å². The zero-order chi connectivity index (χ0) is 22.8. The second kappa shape index (κ2) is 8.91. The van der Waals surface area contributed by atoms with Crippen molar-refractivity contribution in [3.63, 3.8) is 0 Å². The van der Waals surface area contributed by atoms with Gasteiger partial charge in [-0.05, 0) is 56.2 Å². The molecule has 10 heteroatoms. The Kier molecular flexibility index (Phi) is 6.04. The zero-order valence-electron chi connectivity index (χ0n) is 18.0. The van der Waals surface area contributed by atoms with Crippen LogP contribution in [0.5, 0.6) is 5.75 Å². The number of hydrogen-bond donors (Lipinski definition) is 2. The minimum absolute atomic E-state index is 0.0366. The molecule has 3 N–H and O–H groups in total. The highest BCUT2D eigenvalue weighted by Gasteiger charge is 2.31. The number of amides is 2. The van der Waals surface area contributed by atoms with E-state index in [4.69, 9.17) is 10.6 Å². The average Bonchev–Trinajstić information content (AvgIpc) is 3.09. The number of rotatable bonds is 6. The molecule has 0 saturated heterocycles. The molecule has 0 fully saturated rings. The fourth-order valence-corrected chi connectivity index (χ4v) is 4.36. The van der Waals surface area contributed by atoms with Crippen LogP contribution in [0.15, 0.2) is 47.6 Å². The van der Waals surface area contributed by atoms with E-state index in [9.17, 15) is 9.59 Å². The van der Waals surface area contributed by atoms with Crippen LogP contribution in [0.4, 0.5) is 11.4 Å². The monoisotopic (exact) mass is 452 g/mol. The molecule has 2 amide bonds. The van der Waals surface area contributed by atoms with E-state index in [-0.39, 0.29) is 25.0 Å². The zero-order valence-corrected chi connectivity index (χ0v) is 18.8. The van der Waals surface area contributed by atoms with Crippen molar-refractivity contribution in [1.29, 1.82) is 0 Å². The fraction of sp³-hybridized carbons (Fsp3) is 0.273.